The molecule has 1 aliphatic heterocycles. The van der Waals surface area contributed by atoms with Gasteiger partial charge in [-0.1, -0.05) is 0 Å². The molecule has 1 fully saturated rings. The SMILES string of the molecule is COC(=O)c1sccc1S(=O)(=O)N1CCC[C@H]1c1cccn1C. The van der Waals surface area contributed by atoms with Gasteiger partial charge in [-0.25, -0.2) is 13.2 Å². The number of ether oxygens (including phenoxy) is 1. The normalized spacial score (nSPS) is 19.1. The number of methoxy groups -OCH3 is 1. The van der Waals surface area contributed by atoms with Crippen LogP contribution in [-0.2, 0) is 21.8 Å². The van der Waals surface area contributed by atoms with E-state index in [1.54, 1.807) is 5.38 Å². The van der Waals surface area contributed by atoms with E-state index in [-0.39, 0.29) is 15.8 Å². The van der Waals surface area contributed by atoms with Gasteiger partial charge in [-0.2, -0.15) is 4.31 Å². The van der Waals surface area contributed by atoms with Crippen LogP contribution in [0.5, 0.6) is 0 Å². The first-order chi connectivity index (χ1) is 11.0. The van der Waals surface area contributed by atoms with Gasteiger partial charge < -0.3 is 9.30 Å². The Labute approximate surface area is 139 Å². The first-order valence-corrected chi connectivity index (χ1v) is 9.57. The van der Waals surface area contributed by atoms with Crippen LogP contribution in [0.1, 0.15) is 34.2 Å². The number of nitrogens with zero attached hydrogens (tertiary/aromatic N) is 2. The Kier molecular flexibility index (Phi) is 4.31. The lowest BCUT2D eigenvalue weighted by molar-refractivity contribution is 0.0602. The number of sulfonamides is 1. The molecule has 0 aliphatic carbocycles. The molecule has 0 bridgehead atoms. The molecule has 2 aromatic heterocycles. The third-order valence-electron chi connectivity index (χ3n) is 4.12. The molecule has 1 atom stereocenters. The van der Waals surface area contributed by atoms with Crippen molar-refractivity contribution in [3.8, 4) is 0 Å². The molecule has 6 nitrogen and oxygen atoms in total. The summed E-state index contributed by atoms with van der Waals surface area (Å²) in [4.78, 5) is 12.0. The highest BCUT2D eigenvalue weighted by molar-refractivity contribution is 7.89. The third kappa shape index (κ3) is 2.71. The Hall–Kier alpha value is -1.64. The zero-order valence-electron chi connectivity index (χ0n) is 12.9. The van der Waals surface area contributed by atoms with Gasteiger partial charge >= 0.3 is 5.97 Å². The fraction of sp³-hybridized carbons (Fsp3) is 0.400. The van der Waals surface area contributed by atoms with Crippen LogP contribution in [0.15, 0.2) is 34.7 Å². The van der Waals surface area contributed by atoms with Gasteiger partial charge in [0.2, 0.25) is 10.0 Å². The van der Waals surface area contributed by atoms with Crippen molar-refractivity contribution in [1.82, 2.24) is 8.87 Å². The van der Waals surface area contributed by atoms with Crippen molar-refractivity contribution < 1.29 is 17.9 Å². The Morgan fingerprint density at radius 2 is 2.17 bits per heavy atom. The lowest BCUT2D eigenvalue weighted by Gasteiger charge is -2.24. The second-order valence-corrected chi connectivity index (χ2v) is 8.20. The molecule has 23 heavy (non-hydrogen) atoms. The third-order valence-corrected chi connectivity index (χ3v) is 7.09. The highest BCUT2D eigenvalue weighted by Crippen LogP contribution is 2.38. The first-order valence-electron chi connectivity index (χ1n) is 7.25. The molecule has 0 aromatic carbocycles. The Morgan fingerprint density at radius 3 is 2.83 bits per heavy atom. The maximum absolute atomic E-state index is 13.1. The summed E-state index contributed by atoms with van der Waals surface area (Å²) < 4.78 is 34.3. The molecule has 0 spiro atoms. The number of hydrogen-bond donors (Lipinski definition) is 0. The molecular formula is C15H18N2O4S2. The molecule has 124 valence electrons. The van der Waals surface area contributed by atoms with Crippen molar-refractivity contribution in [1.29, 1.82) is 0 Å². The van der Waals surface area contributed by atoms with Gasteiger partial charge in [0.05, 0.1) is 13.2 Å². The van der Waals surface area contributed by atoms with E-state index in [9.17, 15) is 13.2 Å². The van der Waals surface area contributed by atoms with E-state index in [0.29, 0.717) is 6.54 Å². The molecule has 3 rings (SSSR count). The smallest absolute Gasteiger partial charge is 0.349 e. The average Bonchev–Trinajstić information content (AvgIpc) is 3.25. The predicted octanol–water partition coefficient (Wildman–Crippen LogP) is 2.40. The van der Waals surface area contributed by atoms with Crippen LogP contribution >= 0.6 is 11.3 Å². The maximum atomic E-state index is 13.1. The van der Waals surface area contributed by atoms with Gasteiger partial charge in [0.15, 0.2) is 0 Å². The van der Waals surface area contributed by atoms with Gasteiger partial charge in [0.25, 0.3) is 0 Å². The van der Waals surface area contributed by atoms with Crippen LogP contribution in [0.3, 0.4) is 0 Å². The molecule has 2 aromatic rings. The topological polar surface area (TPSA) is 68.6 Å². The van der Waals surface area contributed by atoms with Gasteiger partial charge in [-0.05, 0) is 36.4 Å². The largest absolute Gasteiger partial charge is 0.465 e. The van der Waals surface area contributed by atoms with Crippen molar-refractivity contribution in [3.63, 3.8) is 0 Å². The second-order valence-electron chi connectivity index (χ2n) is 5.42. The summed E-state index contributed by atoms with van der Waals surface area (Å²) in [5.41, 5.74) is 0.959. The molecule has 1 aliphatic rings. The van der Waals surface area contributed by atoms with Crippen LogP contribution in [0.4, 0.5) is 0 Å². The molecule has 3 heterocycles. The fourth-order valence-corrected chi connectivity index (χ4v) is 5.99. The summed E-state index contributed by atoms with van der Waals surface area (Å²) in [5.74, 6) is -0.617. The summed E-state index contributed by atoms with van der Waals surface area (Å²) in [5, 5.41) is 1.60. The van der Waals surface area contributed by atoms with Gasteiger partial charge in [0, 0.05) is 25.5 Å². The molecule has 0 saturated carbocycles. The van der Waals surface area contributed by atoms with Crippen molar-refractivity contribution in [3.05, 3.63) is 40.3 Å². The predicted molar refractivity (Wildman–Crippen MR) is 86.9 cm³/mol. The second kappa shape index (κ2) is 6.10. The summed E-state index contributed by atoms with van der Waals surface area (Å²) in [6.45, 7) is 0.453. The number of thiophene rings is 1. The van der Waals surface area contributed by atoms with Crippen LogP contribution in [0.2, 0.25) is 0 Å². The Morgan fingerprint density at radius 1 is 1.39 bits per heavy atom. The lowest BCUT2D eigenvalue weighted by atomic mass is 10.1. The van der Waals surface area contributed by atoms with Crippen LogP contribution in [0, 0.1) is 0 Å². The number of aromatic nitrogens is 1. The minimum absolute atomic E-state index is 0.0375. The molecular weight excluding hydrogens is 336 g/mol. The van der Waals surface area contributed by atoms with Crippen LogP contribution in [0.25, 0.3) is 0 Å². The minimum atomic E-state index is -3.74. The molecule has 1 saturated heterocycles. The van der Waals surface area contributed by atoms with Gasteiger partial charge in [-0.3, -0.25) is 0 Å². The number of hydrogen-bond acceptors (Lipinski definition) is 5. The molecule has 0 N–H and O–H groups in total. The quantitative estimate of drug-likeness (QED) is 0.791. The Bertz CT molecular complexity index is 822. The van der Waals surface area contributed by atoms with Crippen molar-refractivity contribution in [2.45, 2.75) is 23.8 Å². The Balaban J connectivity index is 2.01. The van der Waals surface area contributed by atoms with Crippen molar-refractivity contribution in [2.75, 3.05) is 13.7 Å². The number of rotatable bonds is 4. The molecule has 0 unspecified atom stereocenters. The van der Waals surface area contributed by atoms with E-state index < -0.39 is 16.0 Å². The van der Waals surface area contributed by atoms with E-state index in [2.05, 4.69) is 0 Å². The first kappa shape index (κ1) is 16.2. The molecule has 8 heteroatoms. The zero-order valence-corrected chi connectivity index (χ0v) is 14.6. The van der Waals surface area contributed by atoms with E-state index in [1.165, 1.54) is 17.5 Å². The lowest BCUT2D eigenvalue weighted by Crippen LogP contribution is -2.32. The van der Waals surface area contributed by atoms with E-state index in [1.807, 2.05) is 29.9 Å². The van der Waals surface area contributed by atoms with Crippen molar-refractivity contribution in [2.24, 2.45) is 7.05 Å². The van der Waals surface area contributed by atoms with E-state index in [0.717, 1.165) is 29.9 Å². The number of aryl methyl sites for hydroxylation is 1. The number of carbonyl (C=O) groups is 1. The highest BCUT2D eigenvalue weighted by Gasteiger charge is 2.39. The molecule has 0 amide bonds. The average molecular weight is 354 g/mol. The molecule has 0 radical (unpaired) electrons. The van der Waals surface area contributed by atoms with Gasteiger partial charge in [0.1, 0.15) is 9.77 Å². The van der Waals surface area contributed by atoms with E-state index in [4.69, 9.17) is 4.74 Å². The van der Waals surface area contributed by atoms with Crippen LogP contribution in [-0.4, -0.2) is 36.9 Å². The van der Waals surface area contributed by atoms with Crippen molar-refractivity contribution >= 4 is 27.3 Å². The minimum Gasteiger partial charge on any atom is -0.465 e. The number of carbonyl (C=O) groups excluding carboxylic acids is 1. The number of esters is 1. The summed E-state index contributed by atoms with van der Waals surface area (Å²) >= 11 is 1.08. The summed E-state index contributed by atoms with van der Waals surface area (Å²) in [6, 6.07) is 5.12. The monoisotopic (exact) mass is 354 g/mol. The standard InChI is InChI=1S/C15H18N2O4S2/c1-16-8-3-5-11(16)12-6-4-9-17(12)23(19,20)13-7-10-22-14(13)15(18)21-2/h3,5,7-8,10,12H,4,6,9H2,1-2H3/t12-/m0/s1. The fourth-order valence-electron chi connectivity index (χ4n) is 3.01. The van der Waals surface area contributed by atoms with Crippen LogP contribution < -0.4 is 0 Å². The highest BCUT2D eigenvalue weighted by atomic mass is 32.2. The summed E-state index contributed by atoms with van der Waals surface area (Å²) in [7, 11) is -0.587. The maximum Gasteiger partial charge on any atom is 0.349 e. The van der Waals surface area contributed by atoms with Gasteiger partial charge in [-0.15, -0.1) is 11.3 Å². The zero-order chi connectivity index (χ0) is 16.6. The summed E-state index contributed by atoms with van der Waals surface area (Å²) in [6.07, 6.45) is 3.48. The van der Waals surface area contributed by atoms with E-state index >= 15 is 0 Å².